The van der Waals surface area contributed by atoms with Crippen LogP contribution in [0.2, 0.25) is 0 Å². The molecule has 94 valence electrons. The molecular weight excluding hydrogens is 238 g/mol. The third-order valence-electron chi connectivity index (χ3n) is 2.95. The van der Waals surface area contributed by atoms with Gasteiger partial charge >= 0.3 is 0 Å². The van der Waals surface area contributed by atoms with E-state index in [1.165, 1.54) is 0 Å². The first-order valence-electron chi connectivity index (χ1n) is 6.03. The molecule has 1 atom stereocenters. The molecule has 1 N–H and O–H groups in total. The Hall–Kier alpha value is -2.46. The number of aliphatic hydroxyl groups excluding tert-OH is 1. The number of benzene rings is 1. The summed E-state index contributed by atoms with van der Waals surface area (Å²) in [7, 11) is 0. The predicted octanol–water partition coefficient (Wildman–Crippen LogP) is 2.35. The number of nitrogens with zero attached hydrogens (tertiary/aromatic N) is 3. The first-order chi connectivity index (χ1) is 9.36. The molecule has 0 saturated carbocycles. The van der Waals surface area contributed by atoms with Gasteiger partial charge in [-0.1, -0.05) is 24.3 Å². The molecule has 0 spiro atoms. The van der Waals surface area contributed by atoms with Gasteiger partial charge in [0.2, 0.25) is 0 Å². The lowest BCUT2D eigenvalue weighted by Crippen LogP contribution is -2.08. The second-order valence-electron chi connectivity index (χ2n) is 4.19. The summed E-state index contributed by atoms with van der Waals surface area (Å²) in [4.78, 5) is 4.03. The molecule has 0 aliphatic rings. The maximum atomic E-state index is 10.4. The quantitative estimate of drug-likeness (QED) is 0.777. The topological polar surface area (TPSA) is 50.9 Å². The van der Waals surface area contributed by atoms with Crippen molar-refractivity contribution >= 4 is 0 Å². The van der Waals surface area contributed by atoms with Crippen LogP contribution in [0.3, 0.4) is 0 Å². The van der Waals surface area contributed by atoms with Crippen molar-refractivity contribution in [2.24, 2.45) is 0 Å². The minimum absolute atomic E-state index is 0.721. The van der Waals surface area contributed by atoms with E-state index in [1.807, 2.05) is 48.5 Å². The lowest BCUT2D eigenvalue weighted by Gasteiger charge is -2.13. The molecule has 0 amide bonds. The van der Waals surface area contributed by atoms with Crippen molar-refractivity contribution < 1.29 is 5.11 Å². The number of hydrogen-bond acceptors (Lipinski definition) is 3. The van der Waals surface area contributed by atoms with Gasteiger partial charge in [-0.25, -0.2) is 4.68 Å². The second-order valence-corrected chi connectivity index (χ2v) is 4.19. The van der Waals surface area contributed by atoms with Gasteiger partial charge in [-0.3, -0.25) is 4.98 Å². The molecule has 2 heterocycles. The third-order valence-corrected chi connectivity index (χ3v) is 2.95. The van der Waals surface area contributed by atoms with E-state index < -0.39 is 6.10 Å². The summed E-state index contributed by atoms with van der Waals surface area (Å²) in [6.45, 7) is 0. The first kappa shape index (κ1) is 11.6. The van der Waals surface area contributed by atoms with Crippen molar-refractivity contribution in [3.8, 4) is 5.69 Å². The summed E-state index contributed by atoms with van der Waals surface area (Å²) in [6.07, 6.45) is 4.29. The summed E-state index contributed by atoms with van der Waals surface area (Å²) in [5, 5.41) is 14.7. The molecule has 1 unspecified atom stereocenters. The molecule has 0 fully saturated rings. The van der Waals surface area contributed by atoms with E-state index in [9.17, 15) is 5.11 Å². The van der Waals surface area contributed by atoms with Gasteiger partial charge in [0.15, 0.2) is 0 Å². The van der Waals surface area contributed by atoms with Crippen LogP contribution < -0.4 is 0 Å². The molecule has 2 aromatic heterocycles. The normalized spacial score (nSPS) is 12.3. The van der Waals surface area contributed by atoms with Crippen LogP contribution in [-0.4, -0.2) is 19.9 Å². The van der Waals surface area contributed by atoms with E-state index in [0.717, 1.165) is 16.9 Å². The molecule has 0 saturated heterocycles. The molecule has 0 radical (unpaired) electrons. The van der Waals surface area contributed by atoms with E-state index in [4.69, 9.17) is 0 Å². The number of pyridine rings is 1. The molecule has 19 heavy (non-hydrogen) atoms. The molecule has 3 aromatic rings. The van der Waals surface area contributed by atoms with Crippen LogP contribution in [0.1, 0.15) is 17.4 Å². The van der Waals surface area contributed by atoms with Crippen LogP contribution in [0, 0.1) is 0 Å². The molecule has 1 aromatic carbocycles. The highest BCUT2D eigenvalue weighted by Crippen LogP contribution is 2.22. The maximum absolute atomic E-state index is 10.4. The minimum Gasteiger partial charge on any atom is -0.382 e. The number of hydrogen-bond donors (Lipinski definition) is 1. The summed E-state index contributed by atoms with van der Waals surface area (Å²) >= 11 is 0. The summed E-state index contributed by atoms with van der Waals surface area (Å²) < 4.78 is 1.73. The SMILES string of the molecule is OC(c1cccnc1)c1ccnn1-c1ccccc1. The van der Waals surface area contributed by atoms with E-state index >= 15 is 0 Å². The summed E-state index contributed by atoms with van der Waals surface area (Å²) in [5.74, 6) is 0. The summed E-state index contributed by atoms with van der Waals surface area (Å²) in [5.41, 5.74) is 2.39. The monoisotopic (exact) mass is 251 g/mol. The highest BCUT2D eigenvalue weighted by Gasteiger charge is 2.16. The Bertz CT molecular complexity index is 649. The fourth-order valence-electron chi connectivity index (χ4n) is 2.01. The molecule has 0 bridgehead atoms. The van der Waals surface area contributed by atoms with Crippen LogP contribution in [0.5, 0.6) is 0 Å². The molecule has 3 rings (SSSR count). The van der Waals surface area contributed by atoms with E-state index in [1.54, 1.807) is 23.3 Å². The van der Waals surface area contributed by atoms with Crippen molar-refractivity contribution in [1.82, 2.24) is 14.8 Å². The fraction of sp³-hybridized carbons (Fsp3) is 0.0667. The largest absolute Gasteiger partial charge is 0.382 e. The number of aromatic nitrogens is 3. The zero-order valence-corrected chi connectivity index (χ0v) is 10.2. The highest BCUT2D eigenvalue weighted by molar-refractivity contribution is 5.34. The van der Waals surface area contributed by atoms with Gasteiger partial charge in [-0.15, -0.1) is 0 Å². The van der Waals surface area contributed by atoms with Gasteiger partial charge in [0.1, 0.15) is 6.10 Å². The Balaban J connectivity index is 2.01. The Morgan fingerprint density at radius 1 is 0.947 bits per heavy atom. The third kappa shape index (κ3) is 2.26. The lowest BCUT2D eigenvalue weighted by molar-refractivity contribution is 0.211. The van der Waals surface area contributed by atoms with Gasteiger partial charge in [0, 0.05) is 24.2 Å². The van der Waals surface area contributed by atoms with Crippen molar-refractivity contribution in [3.63, 3.8) is 0 Å². The summed E-state index contributed by atoms with van der Waals surface area (Å²) in [6, 6.07) is 15.2. The van der Waals surface area contributed by atoms with Crippen molar-refractivity contribution in [2.45, 2.75) is 6.10 Å². The number of rotatable bonds is 3. The van der Waals surface area contributed by atoms with Gasteiger partial charge in [-0.2, -0.15) is 5.10 Å². The van der Waals surface area contributed by atoms with Gasteiger partial charge < -0.3 is 5.11 Å². The number of para-hydroxylation sites is 1. The van der Waals surface area contributed by atoms with Crippen LogP contribution in [-0.2, 0) is 0 Å². The molecule has 4 nitrogen and oxygen atoms in total. The van der Waals surface area contributed by atoms with Crippen LogP contribution in [0.15, 0.2) is 67.1 Å². The molecule has 0 aliphatic heterocycles. The van der Waals surface area contributed by atoms with Gasteiger partial charge in [0.25, 0.3) is 0 Å². The van der Waals surface area contributed by atoms with Gasteiger partial charge in [0.05, 0.1) is 11.4 Å². The minimum atomic E-state index is -0.739. The fourth-order valence-corrected chi connectivity index (χ4v) is 2.01. The maximum Gasteiger partial charge on any atom is 0.123 e. The Kier molecular flexibility index (Phi) is 3.08. The first-order valence-corrected chi connectivity index (χ1v) is 6.03. The Morgan fingerprint density at radius 3 is 2.53 bits per heavy atom. The molecule has 4 heteroatoms. The van der Waals surface area contributed by atoms with Crippen LogP contribution in [0.4, 0.5) is 0 Å². The average molecular weight is 251 g/mol. The average Bonchev–Trinajstić information content (AvgIpc) is 2.98. The van der Waals surface area contributed by atoms with E-state index in [-0.39, 0.29) is 0 Å². The Morgan fingerprint density at radius 2 is 1.79 bits per heavy atom. The van der Waals surface area contributed by atoms with Crippen molar-refractivity contribution in [2.75, 3.05) is 0 Å². The smallest absolute Gasteiger partial charge is 0.123 e. The van der Waals surface area contributed by atoms with E-state index in [0.29, 0.717) is 0 Å². The second kappa shape index (κ2) is 5.04. The van der Waals surface area contributed by atoms with E-state index in [2.05, 4.69) is 10.1 Å². The predicted molar refractivity (Wildman–Crippen MR) is 71.9 cm³/mol. The zero-order chi connectivity index (χ0) is 13.1. The number of aliphatic hydroxyl groups is 1. The molecule has 0 aliphatic carbocycles. The van der Waals surface area contributed by atoms with Crippen molar-refractivity contribution in [1.29, 1.82) is 0 Å². The van der Waals surface area contributed by atoms with Crippen molar-refractivity contribution in [3.05, 3.63) is 78.4 Å². The standard InChI is InChI=1S/C15H13N3O/c19-15(12-5-4-9-16-11-12)14-8-10-17-18(14)13-6-2-1-3-7-13/h1-11,15,19H. The van der Waals surface area contributed by atoms with Gasteiger partial charge in [-0.05, 0) is 24.3 Å². The Labute approximate surface area is 111 Å². The zero-order valence-electron chi connectivity index (χ0n) is 10.2. The van der Waals surface area contributed by atoms with Crippen LogP contribution in [0.25, 0.3) is 5.69 Å². The lowest BCUT2D eigenvalue weighted by atomic mass is 10.1. The highest BCUT2D eigenvalue weighted by atomic mass is 16.3. The van der Waals surface area contributed by atoms with Crippen LogP contribution >= 0.6 is 0 Å². The molecular formula is C15H13N3O.